The number of benzene rings is 2. The van der Waals surface area contributed by atoms with E-state index >= 15 is 0 Å². The minimum Gasteiger partial charge on any atom is -0.326 e. The lowest BCUT2D eigenvalue weighted by Gasteiger charge is -2.32. The van der Waals surface area contributed by atoms with Crippen molar-refractivity contribution in [3.8, 4) is 0 Å². The molecule has 0 radical (unpaired) electrons. The molecule has 1 fully saturated rings. The van der Waals surface area contributed by atoms with Crippen LogP contribution in [0.5, 0.6) is 0 Å². The van der Waals surface area contributed by atoms with Crippen molar-refractivity contribution >= 4 is 43.2 Å². The highest BCUT2D eigenvalue weighted by molar-refractivity contribution is 9.10. The highest BCUT2D eigenvalue weighted by Crippen LogP contribution is 2.24. The molecule has 1 heterocycles. The molecule has 2 aromatic carbocycles. The molecule has 29 heavy (non-hydrogen) atoms. The van der Waals surface area contributed by atoms with E-state index in [2.05, 4.69) is 38.3 Å². The van der Waals surface area contributed by atoms with Crippen LogP contribution in [0.1, 0.15) is 18.4 Å². The lowest BCUT2D eigenvalue weighted by atomic mass is 9.96. The van der Waals surface area contributed by atoms with Gasteiger partial charge < -0.3 is 5.32 Å². The second-order valence-electron chi connectivity index (χ2n) is 7.47. The number of hydrogen-bond acceptors (Lipinski definition) is 4. The molecule has 1 saturated heterocycles. The molecule has 1 N–H and O–H groups in total. The zero-order valence-corrected chi connectivity index (χ0v) is 19.0. The van der Waals surface area contributed by atoms with Crippen LogP contribution in [0.25, 0.3) is 0 Å². The standard InChI is InChI=1S/C21H26BrN3O3S/c1-24(29(2,27)28)20-7-3-6-19(13-20)23-21(26)17-5-4-12-25(15-17)14-16-8-10-18(22)11-9-16/h3,6-11,13,17H,4-5,12,14-15H2,1-2H3,(H,23,26). The number of anilines is 2. The maximum Gasteiger partial charge on any atom is 0.231 e. The second-order valence-corrected chi connectivity index (χ2v) is 10.4. The molecule has 0 saturated carbocycles. The van der Waals surface area contributed by atoms with Gasteiger partial charge in [-0.25, -0.2) is 8.42 Å². The summed E-state index contributed by atoms with van der Waals surface area (Å²) in [6, 6.07) is 15.2. The number of sulfonamides is 1. The van der Waals surface area contributed by atoms with Gasteiger partial charge in [-0.2, -0.15) is 0 Å². The van der Waals surface area contributed by atoms with Gasteiger partial charge in [0.15, 0.2) is 0 Å². The Morgan fingerprint density at radius 3 is 2.66 bits per heavy atom. The molecule has 1 aliphatic rings. The summed E-state index contributed by atoms with van der Waals surface area (Å²) in [6.45, 7) is 2.52. The minimum atomic E-state index is -3.35. The van der Waals surface area contributed by atoms with E-state index in [1.807, 2.05) is 12.1 Å². The van der Waals surface area contributed by atoms with E-state index in [4.69, 9.17) is 0 Å². The fraction of sp³-hybridized carbons (Fsp3) is 0.381. The normalized spacial score (nSPS) is 17.7. The van der Waals surface area contributed by atoms with E-state index in [-0.39, 0.29) is 11.8 Å². The van der Waals surface area contributed by atoms with Gasteiger partial charge in [0, 0.05) is 30.3 Å². The predicted octanol–water partition coefficient (Wildman–Crippen LogP) is 3.70. The maximum atomic E-state index is 12.8. The molecular weight excluding hydrogens is 454 g/mol. The van der Waals surface area contributed by atoms with Crippen molar-refractivity contribution in [3.05, 3.63) is 58.6 Å². The van der Waals surface area contributed by atoms with Crippen LogP contribution >= 0.6 is 15.9 Å². The molecule has 6 nitrogen and oxygen atoms in total. The molecule has 1 atom stereocenters. The summed E-state index contributed by atoms with van der Waals surface area (Å²) < 4.78 is 25.7. The number of nitrogens with one attached hydrogen (secondary N) is 1. The third-order valence-electron chi connectivity index (χ3n) is 5.17. The van der Waals surface area contributed by atoms with Gasteiger partial charge in [-0.15, -0.1) is 0 Å². The molecular formula is C21H26BrN3O3S. The van der Waals surface area contributed by atoms with E-state index in [9.17, 15) is 13.2 Å². The molecule has 0 bridgehead atoms. The van der Waals surface area contributed by atoms with E-state index < -0.39 is 10.0 Å². The highest BCUT2D eigenvalue weighted by Gasteiger charge is 2.26. The second kappa shape index (κ2) is 9.28. The van der Waals surface area contributed by atoms with Crippen LogP contribution in [0.4, 0.5) is 11.4 Å². The third kappa shape index (κ3) is 6.04. The topological polar surface area (TPSA) is 69.7 Å². The lowest BCUT2D eigenvalue weighted by Crippen LogP contribution is -2.40. The number of rotatable bonds is 6. The van der Waals surface area contributed by atoms with Gasteiger partial charge in [-0.3, -0.25) is 14.0 Å². The average Bonchev–Trinajstić information content (AvgIpc) is 2.69. The number of halogens is 1. The molecule has 1 amide bonds. The Labute approximate surface area is 181 Å². The molecule has 1 aliphatic heterocycles. The van der Waals surface area contributed by atoms with Gasteiger partial charge in [0.05, 0.1) is 17.9 Å². The van der Waals surface area contributed by atoms with Gasteiger partial charge in [-0.1, -0.05) is 34.1 Å². The predicted molar refractivity (Wildman–Crippen MR) is 120 cm³/mol. The number of carbonyl (C=O) groups excluding carboxylic acids is 1. The van der Waals surface area contributed by atoms with Crippen molar-refractivity contribution in [2.75, 3.05) is 36.0 Å². The monoisotopic (exact) mass is 479 g/mol. The number of carbonyl (C=O) groups is 1. The highest BCUT2D eigenvalue weighted by atomic mass is 79.9. The first-order valence-electron chi connectivity index (χ1n) is 9.54. The summed E-state index contributed by atoms with van der Waals surface area (Å²) in [4.78, 5) is 15.1. The number of nitrogens with zero attached hydrogens (tertiary/aromatic N) is 2. The fourth-order valence-corrected chi connectivity index (χ4v) is 4.24. The summed E-state index contributed by atoms with van der Waals surface area (Å²) in [7, 11) is -1.85. The van der Waals surface area contributed by atoms with E-state index in [1.54, 1.807) is 24.3 Å². The fourth-order valence-electron chi connectivity index (χ4n) is 3.48. The van der Waals surface area contributed by atoms with E-state index in [0.29, 0.717) is 17.9 Å². The summed E-state index contributed by atoms with van der Waals surface area (Å²) >= 11 is 3.45. The van der Waals surface area contributed by atoms with Gasteiger partial charge in [0.2, 0.25) is 15.9 Å². The number of hydrogen-bond donors (Lipinski definition) is 1. The van der Waals surface area contributed by atoms with Crippen molar-refractivity contribution < 1.29 is 13.2 Å². The smallest absolute Gasteiger partial charge is 0.231 e. The van der Waals surface area contributed by atoms with Gasteiger partial charge >= 0.3 is 0 Å². The van der Waals surface area contributed by atoms with Gasteiger partial charge in [-0.05, 0) is 55.3 Å². The Bertz CT molecular complexity index is 963. The summed E-state index contributed by atoms with van der Waals surface area (Å²) in [6.07, 6.45) is 2.98. The van der Waals surface area contributed by atoms with Crippen molar-refractivity contribution in [3.63, 3.8) is 0 Å². The number of piperidine rings is 1. The third-order valence-corrected chi connectivity index (χ3v) is 6.90. The first-order valence-corrected chi connectivity index (χ1v) is 12.2. The van der Waals surface area contributed by atoms with E-state index in [0.717, 1.165) is 36.7 Å². The van der Waals surface area contributed by atoms with Crippen LogP contribution in [-0.2, 0) is 21.4 Å². The molecule has 1 unspecified atom stereocenters. The maximum absolute atomic E-state index is 12.8. The van der Waals surface area contributed by atoms with Gasteiger partial charge in [0.25, 0.3) is 0 Å². The Balaban J connectivity index is 1.62. The SMILES string of the molecule is CN(c1cccc(NC(=O)C2CCCN(Cc3ccc(Br)cc3)C2)c1)S(C)(=O)=O. The van der Waals surface area contributed by atoms with Crippen LogP contribution in [0.2, 0.25) is 0 Å². The number of amides is 1. The summed E-state index contributed by atoms with van der Waals surface area (Å²) in [5, 5.41) is 2.96. The Morgan fingerprint density at radius 2 is 1.97 bits per heavy atom. The van der Waals surface area contributed by atoms with Crippen molar-refractivity contribution in [2.24, 2.45) is 5.92 Å². The minimum absolute atomic E-state index is 0.0235. The van der Waals surface area contributed by atoms with Crippen molar-refractivity contribution in [1.82, 2.24) is 4.90 Å². The molecule has 0 aliphatic carbocycles. The molecule has 8 heteroatoms. The summed E-state index contributed by atoms with van der Waals surface area (Å²) in [5.41, 5.74) is 2.35. The van der Waals surface area contributed by atoms with Crippen LogP contribution < -0.4 is 9.62 Å². The number of likely N-dealkylation sites (tertiary alicyclic amines) is 1. The Kier molecular flexibility index (Phi) is 6.97. The Morgan fingerprint density at radius 1 is 1.24 bits per heavy atom. The largest absolute Gasteiger partial charge is 0.326 e. The molecule has 0 aromatic heterocycles. The first kappa shape index (κ1) is 21.8. The van der Waals surface area contributed by atoms with E-state index in [1.165, 1.54) is 16.9 Å². The summed E-state index contributed by atoms with van der Waals surface area (Å²) in [5.74, 6) is -0.111. The van der Waals surface area contributed by atoms with Crippen molar-refractivity contribution in [1.29, 1.82) is 0 Å². The van der Waals surface area contributed by atoms with Crippen LogP contribution in [0.3, 0.4) is 0 Å². The zero-order valence-electron chi connectivity index (χ0n) is 16.6. The first-order chi connectivity index (χ1) is 13.7. The molecule has 156 valence electrons. The van der Waals surface area contributed by atoms with Crippen molar-refractivity contribution in [2.45, 2.75) is 19.4 Å². The molecule has 2 aromatic rings. The lowest BCUT2D eigenvalue weighted by molar-refractivity contribution is -0.121. The molecule has 0 spiro atoms. The van der Waals surface area contributed by atoms with Crippen LogP contribution in [-0.4, -0.2) is 45.6 Å². The quantitative estimate of drug-likeness (QED) is 0.685. The van der Waals surface area contributed by atoms with Crippen LogP contribution in [0, 0.1) is 5.92 Å². The van der Waals surface area contributed by atoms with Gasteiger partial charge in [0.1, 0.15) is 0 Å². The average molecular weight is 480 g/mol. The Hall–Kier alpha value is -1.90. The van der Waals surface area contributed by atoms with Crippen LogP contribution in [0.15, 0.2) is 53.0 Å². The zero-order chi connectivity index (χ0) is 21.0. The molecule has 3 rings (SSSR count).